The monoisotopic (exact) mass is 279 g/mol. The average Bonchev–Trinajstić information content (AvgIpc) is 2.41. The molecule has 0 radical (unpaired) electrons. The van der Waals surface area contributed by atoms with Gasteiger partial charge in [-0.05, 0) is 37.8 Å². The van der Waals surface area contributed by atoms with Crippen molar-refractivity contribution in [1.82, 2.24) is 0 Å². The van der Waals surface area contributed by atoms with E-state index in [0.29, 0.717) is 5.92 Å². The summed E-state index contributed by atoms with van der Waals surface area (Å²) in [5, 5.41) is 11.0. The summed E-state index contributed by atoms with van der Waals surface area (Å²) in [4.78, 5) is 11.9. The number of hydrogen-bond donors (Lipinski definition) is 0. The number of rotatable bonds is 5. The molecule has 0 heterocycles. The van der Waals surface area contributed by atoms with Gasteiger partial charge in [0.1, 0.15) is 0 Å². The number of nitro groups is 1. The van der Waals surface area contributed by atoms with Gasteiger partial charge in [0.15, 0.2) is 0 Å². The van der Waals surface area contributed by atoms with E-state index < -0.39 is 0 Å². The quantitative estimate of drug-likeness (QED) is 0.458. The van der Waals surface area contributed by atoms with Crippen molar-refractivity contribution in [3.05, 3.63) is 39.9 Å². The van der Waals surface area contributed by atoms with Crippen molar-refractivity contribution < 1.29 is 4.92 Å². The summed E-state index contributed by atoms with van der Waals surface area (Å²) in [5.74, 6) is 0.505. The van der Waals surface area contributed by atoms with Crippen LogP contribution in [-0.2, 0) is 0 Å². The molecule has 0 N–H and O–H groups in total. The summed E-state index contributed by atoms with van der Waals surface area (Å²) in [6, 6.07) is 8.31. The van der Waals surface area contributed by atoms with Crippen molar-refractivity contribution in [2.45, 2.75) is 49.2 Å². The average molecular weight is 279 g/mol. The SMILES string of the molecule is Cc1ccc(SC(C[N+](=O)[O-])C2CCCCC2)cc1. The zero-order valence-corrected chi connectivity index (χ0v) is 12.2. The molecule has 3 nitrogen and oxygen atoms in total. The zero-order valence-electron chi connectivity index (χ0n) is 11.4. The Balaban J connectivity index is 2.03. The molecular formula is C15H21NO2S. The van der Waals surface area contributed by atoms with E-state index in [1.807, 2.05) is 0 Å². The fourth-order valence-electron chi connectivity index (χ4n) is 2.73. The van der Waals surface area contributed by atoms with Crippen LogP contribution >= 0.6 is 11.8 Å². The summed E-state index contributed by atoms with van der Waals surface area (Å²) in [5.41, 5.74) is 1.23. The molecule has 0 aromatic heterocycles. The van der Waals surface area contributed by atoms with Gasteiger partial charge in [-0.15, -0.1) is 11.8 Å². The van der Waals surface area contributed by atoms with Crippen LogP contribution in [-0.4, -0.2) is 16.7 Å². The molecule has 4 heteroatoms. The van der Waals surface area contributed by atoms with Gasteiger partial charge >= 0.3 is 0 Å². The Hall–Kier alpha value is -1.03. The summed E-state index contributed by atoms with van der Waals surface area (Å²) in [6.45, 7) is 2.15. The maximum atomic E-state index is 10.9. The maximum Gasteiger partial charge on any atom is 0.216 e. The molecule has 0 saturated heterocycles. The zero-order chi connectivity index (χ0) is 13.7. The maximum absolute atomic E-state index is 10.9. The topological polar surface area (TPSA) is 43.1 Å². The molecular weight excluding hydrogens is 258 g/mol. The smallest absolute Gasteiger partial charge is 0.216 e. The summed E-state index contributed by atoms with van der Waals surface area (Å²) >= 11 is 1.69. The second-order valence-corrected chi connectivity index (χ2v) is 6.70. The van der Waals surface area contributed by atoms with Crippen molar-refractivity contribution in [2.75, 3.05) is 6.54 Å². The molecule has 1 unspecified atom stereocenters. The largest absolute Gasteiger partial charge is 0.265 e. The second kappa shape index (κ2) is 6.94. The molecule has 1 aliphatic rings. The van der Waals surface area contributed by atoms with Crippen molar-refractivity contribution >= 4 is 11.8 Å². The van der Waals surface area contributed by atoms with Gasteiger partial charge in [-0.1, -0.05) is 37.0 Å². The highest BCUT2D eigenvalue weighted by molar-refractivity contribution is 8.00. The van der Waals surface area contributed by atoms with Gasteiger partial charge in [0, 0.05) is 9.82 Å². The van der Waals surface area contributed by atoms with E-state index in [9.17, 15) is 10.1 Å². The van der Waals surface area contributed by atoms with Crippen LogP contribution < -0.4 is 0 Å². The Kier molecular flexibility index (Phi) is 5.25. The van der Waals surface area contributed by atoms with E-state index in [2.05, 4.69) is 31.2 Å². The van der Waals surface area contributed by atoms with Crippen LogP contribution in [0.25, 0.3) is 0 Å². The standard InChI is InChI=1S/C15H21NO2S/c1-12-7-9-14(10-8-12)19-15(11-16(17)18)13-5-3-2-4-6-13/h7-10,13,15H,2-6,11H2,1H3. The molecule has 1 aromatic carbocycles. The summed E-state index contributed by atoms with van der Waals surface area (Å²) in [6.07, 6.45) is 6.05. The predicted molar refractivity (Wildman–Crippen MR) is 79.3 cm³/mol. The van der Waals surface area contributed by atoms with Crippen molar-refractivity contribution in [1.29, 1.82) is 0 Å². The van der Waals surface area contributed by atoms with E-state index in [-0.39, 0.29) is 16.7 Å². The van der Waals surface area contributed by atoms with Crippen molar-refractivity contribution in [2.24, 2.45) is 5.92 Å². The summed E-state index contributed by atoms with van der Waals surface area (Å²) < 4.78 is 0. The minimum Gasteiger partial charge on any atom is -0.265 e. The fourth-order valence-corrected chi connectivity index (χ4v) is 4.03. The Morgan fingerprint density at radius 3 is 2.47 bits per heavy atom. The second-order valence-electron chi connectivity index (χ2n) is 5.38. The molecule has 0 spiro atoms. The van der Waals surface area contributed by atoms with E-state index in [1.165, 1.54) is 24.8 Å². The lowest BCUT2D eigenvalue weighted by molar-refractivity contribution is -0.480. The molecule has 19 heavy (non-hydrogen) atoms. The number of benzene rings is 1. The Morgan fingerprint density at radius 2 is 1.89 bits per heavy atom. The lowest BCUT2D eigenvalue weighted by Gasteiger charge is -2.27. The van der Waals surface area contributed by atoms with E-state index in [1.54, 1.807) is 11.8 Å². The first-order valence-electron chi connectivity index (χ1n) is 7.00. The lowest BCUT2D eigenvalue weighted by Crippen LogP contribution is -2.27. The molecule has 1 atom stereocenters. The van der Waals surface area contributed by atoms with Gasteiger partial charge in [0.05, 0.1) is 5.25 Å². The van der Waals surface area contributed by atoms with Crippen LogP contribution in [0.3, 0.4) is 0 Å². The van der Waals surface area contributed by atoms with Gasteiger partial charge in [0.25, 0.3) is 0 Å². The normalized spacial score (nSPS) is 18.2. The first-order valence-corrected chi connectivity index (χ1v) is 7.88. The molecule has 1 fully saturated rings. The van der Waals surface area contributed by atoms with E-state index >= 15 is 0 Å². The Morgan fingerprint density at radius 1 is 1.26 bits per heavy atom. The minimum absolute atomic E-state index is 0.0865. The van der Waals surface area contributed by atoms with E-state index in [4.69, 9.17) is 0 Å². The van der Waals surface area contributed by atoms with Crippen LogP contribution in [0.15, 0.2) is 29.2 Å². The van der Waals surface area contributed by atoms with Crippen molar-refractivity contribution in [3.8, 4) is 0 Å². The molecule has 0 amide bonds. The number of hydrogen-bond acceptors (Lipinski definition) is 3. The van der Waals surface area contributed by atoms with Gasteiger partial charge in [-0.2, -0.15) is 0 Å². The minimum atomic E-state index is -0.152. The first kappa shape index (κ1) is 14.4. The summed E-state index contributed by atoms with van der Waals surface area (Å²) in [7, 11) is 0. The molecule has 1 aliphatic carbocycles. The third-order valence-electron chi connectivity index (χ3n) is 3.81. The van der Waals surface area contributed by atoms with Crippen LogP contribution in [0.5, 0.6) is 0 Å². The molecule has 0 aliphatic heterocycles. The van der Waals surface area contributed by atoms with Gasteiger partial charge in [-0.25, -0.2) is 0 Å². The van der Waals surface area contributed by atoms with Crippen molar-refractivity contribution in [3.63, 3.8) is 0 Å². The molecule has 2 rings (SSSR count). The van der Waals surface area contributed by atoms with Crippen LogP contribution in [0.2, 0.25) is 0 Å². The third-order valence-corrected chi connectivity index (χ3v) is 5.19. The van der Waals surface area contributed by atoms with Gasteiger partial charge in [-0.3, -0.25) is 10.1 Å². The molecule has 104 valence electrons. The number of aryl methyl sites for hydroxylation is 1. The Labute approximate surface area is 118 Å². The molecule has 0 bridgehead atoms. The van der Waals surface area contributed by atoms with Crippen LogP contribution in [0.1, 0.15) is 37.7 Å². The van der Waals surface area contributed by atoms with E-state index in [0.717, 1.165) is 17.7 Å². The lowest BCUT2D eigenvalue weighted by atomic mass is 9.87. The fraction of sp³-hybridized carbons (Fsp3) is 0.600. The highest BCUT2D eigenvalue weighted by atomic mass is 32.2. The number of thioether (sulfide) groups is 1. The number of nitrogens with zero attached hydrogens (tertiary/aromatic N) is 1. The third kappa shape index (κ3) is 4.53. The highest BCUT2D eigenvalue weighted by Crippen LogP contribution is 2.36. The highest BCUT2D eigenvalue weighted by Gasteiger charge is 2.28. The Bertz CT molecular complexity index is 413. The molecule has 1 aromatic rings. The van der Waals surface area contributed by atoms with Crippen LogP contribution in [0.4, 0.5) is 0 Å². The van der Waals surface area contributed by atoms with Gasteiger partial charge < -0.3 is 0 Å². The van der Waals surface area contributed by atoms with Crippen LogP contribution in [0, 0.1) is 23.0 Å². The first-order chi connectivity index (χ1) is 9.15. The van der Waals surface area contributed by atoms with Gasteiger partial charge in [0.2, 0.25) is 6.54 Å². The predicted octanol–water partition coefficient (Wildman–Crippen LogP) is 4.31. The molecule has 1 saturated carbocycles.